The summed E-state index contributed by atoms with van der Waals surface area (Å²) in [7, 11) is 0. The Bertz CT molecular complexity index is 302. The van der Waals surface area contributed by atoms with Gasteiger partial charge in [-0.05, 0) is 24.4 Å². The number of azide groups is 1. The lowest BCUT2D eigenvalue weighted by atomic mass is 9.79. The molecule has 16 heavy (non-hydrogen) atoms. The Morgan fingerprint density at radius 3 is 3.12 bits per heavy atom. The second-order valence-corrected chi connectivity index (χ2v) is 4.01. The molecule has 7 nitrogen and oxygen atoms in total. The standard InChI is InChI=1S/C9H17N5O2/c1-7-6-11-3-2-9(7,8(15)16)12-4-5-13-14-10/h7,11-12H,2-6H2,1H3,(H,15,16). The zero-order valence-corrected chi connectivity index (χ0v) is 9.31. The van der Waals surface area contributed by atoms with E-state index in [1.54, 1.807) is 0 Å². The second-order valence-electron chi connectivity index (χ2n) is 4.01. The molecule has 1 fully saturated rings. The average molecular weight is 227 g/mol. The van der Waals surface area contributed by atoms with E-state index in [1.807, 2.05) is 6.92 Å². The highest BCUT2D eigenvalue weighted by Crippen LogP contribution is 2.24. The minimum absolute atomic E-state index is 0.00446. The van der Waals surface area contributed by atoms with Crippen LogP contribution >= 0.6 is 0 Å². The number of hydrogen-bond acceptors (Lipinski definition) is 4. The topological polar surface area (TPSA) is 110 Å². The molecule has 2 unspecified atom stereocenters. The first-order valence-corrected chi connectivity index (χ1v) is 5.33. The van der Waals surface area contributed by atoms with E-state index in [4.69, 9.17) is 5.53 Å². The van der Waals surface area contributed by atoms with Crippen LogP contribution < -0.4 is 10.6 Å². The Morgan fingerprint density at radius 2 is 2.56 bits per heavy atom. The van der Waals surface area contributed by atoms with Crippen LogP contribution in [0.4, 0.5) is 0 Å². The van der Waals surface area contributed by atoms with Crippen molar-refractivity contribution in [3.8, 4) is 0 Å². The molecule has 0 bridgehead atoms. The van der Waals surface area contributed by atoms with E-state index in [9.17, 15) is 9.90 Å². The van der Waals surface area contributed by atoms with Crippen molar-refractivity contribution in [1.29, 1.82) is 0 Å². The molecule has 3 N–H and O–H groups in total. The molecule has 1 rings (SSSR count). The van der Waals surface area contributed by atoms with Gasteiger partial charge in [-0.1, -0.05) is 12.0 Å². The summed E-state index contributed by atoms with van der Waals surface area (Å²) in [4.78, 5) is 14.0. The van der Waals surface area contributed by atoms with Crippen molar-refractivity contribution in [2.24, 2.45) is 11.0 Å². The molecule has 0 amide bonds. The van der Waals surface area contributed by atoms with E-state index in [1.165, 1.54) is 0 Å². The summed E-state index contributed by atoms with van der Waals surface area (Å²) in [5.41, 5.74) is 7.24. The monoisotopic (exact) mass is 227 g/mol. The molecule has 0 aliphatic carbocycles. The largest absolute Gasteiger partial charge is 0.480 e. The molecule has 90 valence electrons. The van der Waals surface area contributed by atoms with Crippen molar-refractivity contribution in [2.75, 3.05) is 26.2 Å². The molecule has 1 heterocycles. The zero-order chi connectivity index (χ0) is 12.0. The van der Waals surface area contributed by atoms with E-state index < -0.39 is 11.5 Å². The van der Waals surface area contributed by atoms with Crippen LogP contribution in [0.15, 0.2) is 5.11 Å². The number of rotatable bonds is 5. The van der Waals surface area contributed by atoms with Gasteiger partial charge in [0.2, 0.25) is 0 Å². The molecule has 0 spiro atoms. The van der Waals surface area contributed by atoms with Gasteiger partial charge in [-0.25, -0.2) is 0 Å². The predicted octanol–water partition coefficient (Wildman–Crippen LogP) is 0.339. The molecule has 1 saturated heterocycles. The van der Waals surface area contributed by atoms with E-state index >= 15 is 0 Å². The summed E-state index contributed by atoms with van der Waals surface area (Å²) in [6, 6.07) is 0. The molecule has 2 atom stereocenters. The van der Waals surface area contributed by atoms with Crippen molar-refractivity contribution >= 4 is 5.97 Å². The van der Waals surface area contributed by atoms with Crippen molar-refractivity contribution in [2.45, 2.75) is 18.9 Å². The van der Waals surface area contributed by atoms with Gasteiger partial charge in [-0.3, -0.25) is 4.79 Å². The van der Waals surface area contributed by atoms with Crippen molar-refractivity contribution in [1.82, 2.24) is 10.6 Å². The van der Waals surface area contributed by atoms with Gasteiger partial charge in [0.15, 0.2) is 0 Å². The van der Waals surface area contributed by atoms with Crippen molar-refractivity contribution in [3.63, 3.8) is 0 Å². The van der Waals surface area contributed by atoms with Gasteiger partial charge in [-0.15, -0.1) is 0 Å². The van der Waals surface area contributed by atoms with Gasteiger partial charge in [0, 0.05) is 24.5 Å². The summed E-state index contributed by atoms with van der Waals surface area (Å²) in [5, 5.41) is 18.9. The van der Waals surface area contributed by atoms with Crippen LogP contribution in [0.5, 0.6) is 0 Å². The highest BCUT2D eigenvalue weighted by Gasteiger charge is 2.44. The van der Waals surface area contributed by atoms with E-state index in [0.717, 1.165) is 0 Å². The first-order valence-electron chi connectivity index (χ1n) is 5.33. The number of piperidine rings is 1. The Labute approximate surface area is 93.8 Å². The summed E-state index contributed by atoms with van der Waals surface area (Å²) in [5.74, 6) is -0.827. The third kappa shape index (κ3) is 2.63. The Morgan fingerprint density at radius 1 is 1.81 bits per heavy atom. The molecule has 0 radical (unpaired) electrons. The minimum Gasteiger partial charge on any atom is -0.480 e. The maximum Gasteiger partial charge on any atom is 0.324 e. The van der Waals surface area contributed by atoms with Gasteiger partial charge in [0.25, 0.3) is 0 Å². The number of nitrogens with one attached hydrogen (secondary N) is 2. The van der Waals surface area contributed by atoms with Crippen LogP contribution in [0.2, 0.25) is 0 Å². The molecule has 0 aromatic carbocycles. The van der Waals surface area contributed by atoms with Crippen molar-refractivity contribution < 1.29 is 9.90 Å². The highest BCUT2D eigenvalue weighted by atomic mass is 16.4. The first-order chi connectivity index (χ1) is 7.63. The minimum atomic E-state index is -0.893. The van der Waals surface area contributed by atoms with Crippen LogP contribution in [0.3, 0.4) is 0 Å². The molecule has 0 aromatic rings. The Hall–Kier alpha value is -1.30. The lowest BCUT2D eigenvalue weighted by Gasteiger charge is -2.40. The smallest absolute Gasteiger partial charge is 0.324 e. The number of carboxylic acid groups (broad SMARTS) is 1. The summed E-state index contributed by atoms with van der Waals surface area (Å²) in [6.07, 6.45) is 0.541. The van der Waals surface area contributed by atoms with E-state index in [-0.39, 0.29) is 12.5 Å². The fourth-order valence-corrected chi connectivity index (χ4v) is 2.05. The summed E-state index contributed by atoms with van der Waals surface area (Å²) < 4.78 is 0. The van der Waals surface area contributed by atoms with Crippen LogP contribution in [-0.2, 0) is 4.79 Å². The normalized spacial score (nSPS) is 29.4. The number of nitrogens with zero attached hydrogens (tertiary/aromatic N) is 3. The van der Waals surface area contributed by atoms with Gasteiger partial charge in [-0.2, -0.15) is 0 Å². The van der Waals surface area contributed by atoms with Crippen LogP contribution in [-0.4, -0.2) is 42.8 Å². The molecule has 0 saturated carbocycles. The second kappa shape index (κ2) is 5.69. The number of hydrogen-bond donors (Lipinski definition) is 3. The van der Waals surface area contributed by atoms with Crippen molar-refractivity contribution in [3.05, 3.63) is 10.4 Å². The van der Waals surface area contributed by atoms with Crippen LogP contribution in [0.1, 0.15) is 13.3 Å². The third-order valence-corrected chi connectivity index (χ3v) is 3.09. The fraction of sp³-hybridized carbons (Fsp3) is 0.889. The Balaban J connectivity index is 2.64. The molecule has 1 aliphatic rings. The van der Waals surface area contributed by atoms with Crippen LogP contribution in [0, 0.1) is 5.92 Å². The quantitative estimate of drug-likeness (QED) is 0.272. The average Bonchev–Trinajstić information content (AvgIpc) is 2.26. The zero-order valence-electron chi connectivity index (χ0n) is 9.31. The SMILES string of the molecule is CC1CNCCC1(NCCN=[N+]=[N-])C(=O)O. The number of aliphatic carboxylic acids is 1. The summed E-state index contributed by atoms with van der Waals surface area (Å²) >= 11 is 0. The fourth-order valence-electron chi connectivity index (χ4n) is 2.05. The number of carboxylic acids is 1. The maximum atomic E-state index is 11.4. The summed E-state index contributed by atoms with van der Waals surface area (Å²) in [6.45, 7) is 3.93. The predicted molar refractivity (Wildman–Crippen MR) is 59.0 cm³/mol. The van der Waals surface area contributed by atoms with Gasteiger partial charge < -0.3 is 15.7 Å². The van der Waals surface area contributed by atoms with E-state index in [0.29, 0.717) is 26.1 Å². The Kier molecular flexibility index (Phi) is 4.54. The number of carbonyl (C=O) groups is 1. The lowest BCUT2D eigenvalue weighted by Crippen LogP contribution is -2.63. The molecule has 0 aromatic heterocycles. The molecule has 1 aliphatic heterocycles. The first kappa shape index (κ1) is 12.8. The van der Waals surface area contributed by atoms with Gasteiger partial charge >= 0.3 is 5.97 Å². The third-order valence-electron chi connectivity index (χ3n) is 3.09. The molecular formula is C9H17N5O2. The van der Waals surface area contributed by atoms with Gasteiger partial charge in [0.1, 0.15) is 5.54 Å². The highest BCUT2D eigenvalue weighted by molar-refractivity contribution is 5.79. The molecular weight excluding hydrogens is 210 g/mol. The maximum absolute atomic E-state index is 11.4. The lowest BCUT2D eigenvalue weighted by molar-refractivity contribution is -0.148. The van der Waals surface area contributed by atoms with Gasteiger partial charge in [0.05, 0.1) is 0 Å². The van der Waals surface area contributed by atoms with Crippen LogP contribution in [0.25, 0.3) is 10.4 Å². The molecule has 7 heteroatoms. The van der Waals surface area contributed by atoms with E-state index in [2.05, 4.69) is 20.7 Å².